The SMILES string of the molecule is COc1ccc2c3c(n(Cc4ccccc4)c2c1)C(C)=[N+](Cc1ccccc1)CC3. The van der Waals surface area contributed by atoms with E-state index in [1.165, 1.54) is 39.0 Å². The fourth-order valence-electron chi connectivity index (χ4n) is 4.69. The van der Waals surface area contributed by atoms with Gasteiger partial charge in [0, 0.05) is 36.9 Å². The van der Waals surface area contributed by atoms with Crippen molar-refractivity contribution in [2.45, 2.75) is 26.4 Å². The van der Waals surface area contributed by atoms with Gasteiger partial charge in [-0.3, -0.25) is 0 Å². The number of fused-ring (bicyclic) bond motifs is 3. The Morgan fingerprint density at radius 2 is 1.60 bits per heavy atom. The molecule has 0 bridgehead atoms. The standard InChI is InChI=1S/C27H27N2O/c1-20-27-25(15-16-28(20)18-21-9-5-3-6-10-21)24-14-13-23(30-2)17-26(24)29(27)19-22-11-7-4-8-12-22/h3-14,17H,15-16,18-19H2,1-2H3/q+1. The van der Waals surface area contributed by atoms with Crippen LogP contribution in [-0.2, 0) is 19.5 Å². The number of nitrogens with zero attached hydrogens (tertiary/aromatic N) is 2. The van der Waals surface area contributed by atoms with Crippen LogP contribution in [0.1, 0.15) is 29.3 Å². The summed E-state index contributed by atoms with van der Waals surface area (Å²) in [5, 5.41) is 1.35. The predicted molar refractivity (Wildman–Crippen MR) is 123 cm³/mol. The zero-order valence-electron chi connectivity index (χ0n) is 17.6. The van der Waals surface area contributed by atoms with E-state index < -0.39 is 0 Å². The molecule has 150 valence electrons. The molecule has 2 heterocycles. The Balaban J connectivity index is 1.68. The van der Waals surface area contributed by atoms with Gasteiger partial charge in [-0.15, -0.1) is 0 Å². The van der Waals surface area contributed by atoms with E-state index in [9.17, 15) is 0 Å². The molecule has 1 aromatic heterocycles. The number of benzene rings is 3. The van der Waals surface area contributed by atoms with Gasteiger partial charge >= 0.3 is 0 Å². The van der Waals surface area contributed by atoms with Gasteiger partial charge in [-0.2, -0.15) is 0 Å². The van der Waals surface area contributed by atoms with Crippen molar-refractivity contribution in [1.82, 2.24) is 4.57 Å². The second kappa shape index (κ2) is 7.83. The van der Waals surface area contributed by atoms with E-state index in [-0.39, 0.29) is 0 Å². The minimum atomic E-state index is 0.857. The number of hydrogen-bond acceptors (Lipinski definition) is 1. The van der Waals surface area contributed by atoms with Crippen LogP contribution in [0.2, 0.25) is 0 Å². The molecule has 0 spiro atoms. The number of hydrogen-bond donors (Lipinski definition) is 0. The summed E-state index contributed by atoms with van der Waals surface area (Å²) in [6.07, 6.45) is 1.06. The Bertz CT molecular complexity index is 1220. The van der Waals surface area contributed by atoms with E-state index in [2.05, 4.69) is 94.9 Å². The minimum absolute atomic E-state index is 0.857. The predicted octanol–water partition coefficient (Wildman–Crippen LogP) is 5.28. The third kappa shape index (κ3) is 3.30. The molecule has 0 N–H and O–H groups in total. The fraction of sp³-hybridized carbons (Fsp3) is 0.222. The molecular formula is C27H27N2O+. The highest BCUT2D eigenvalue weighted by Gasteiger charge is 2.29. The lowest BCUT2D eigenvalue weighted by molar-refractivity contribution is -0.545. The average Bonchev–Trinajstić information content (AvgIpc) is 3.10. The Kier molecular flexibility index (Phi) is 4.88. The van der Waals surface area contributed by atoms with Gasteiger partial charge in [0.15, 0.2) is 12.3 Å². The minimum Gasteiger partial charge on any atom is -0.497 e. The van der Waals surface area contributed by atoms with Crippen molar-refractivity contribution in [3.05, 3.63) is 101 Å². The second-order valence-electron chi connectivity index (χ2n) is 8.02. The molecule has 0 radical (unpaired) electrons. The van der Waals surface area contributed by atoms with Gasteiger partial charge in [0.1, 0.15) is 18.0 Å². The van der Waals surface area contributed by atoms with E-state index in [1.54, 1.807) is 7.11 Å². The number of aromatic nitrogens is 1. The third-order valence-electron chi connectivity index (χ3n) is 6.23. The molecule has 0 aliphatic carbocycles. The van der Waals surface area contributed by atoms with Gasteiger partial charge < -0.3 is 9.30 Å². The molecule has 0 unspecified atom stereocenters. The molecule has 1 aliphatic heterocycles. The molecule has 4 aromatic rings. The van der Waals surface area contributed by atoms with Crippen LogP contribution in [0.5, 0.6) is 5.75 Å². The largest absolute Gasteiger partial charge is 0.497 e. The Morgan fingerprint density at radius 3 is 2.30 bits per heavy atom. The lowest BCUT2D eigenvalue weighted by Gasteiger charge is -2.17. The van der Waals surface area contributed by atoms with Crippen molar-refractivity contribution in [2.24, 2.45) is 0 Å². The van der Waals surface area contributed by atoms with Crippen LogP contribution in [0.15, 0.2) is 78.9 Å². The van der Waals surface area contributed by atoms with Crippen molar-refractivity contribution >= 4 is 16.6 Å². The van der Waals surface area contributed by atoms with Crippen LogP contribution in [0, 0.1) is 0 Å². The Hall–Kier alpha value is -3.33. The smallest absolute Gasteiger partial charge is 0.197 e. The zero-order valence-corrected chi connectivity index (χ0v) is 17.6. The molecule has 0 atom stereocenters. The molecule has 3 nitrogen and oxygen atoms in total. The first-order valence-electron chi connectivity index (χ1n) is 10.6. The first-order chi connectivity index (χ1) is 14.7. The summed E-state index contributed by atoms with van der Waals surface area (Å²) >= 11 is 0. The highest BCUT2D eigenvalue weighted by molar-refractivity contribution is 6.03. The van der Waals surface area contributed by atoms with Crippen LogP contribution in [0.4, 0.5) is 0 Å². The normalized spacial score (nSPS) is 13.5. The van der Waals surface area contributed by atoms with Crippen molar-refractivity contribution in [1.29, 1.82) is 0 Å². The molecule has 0 saturated heterocycles. The summed E-state index contributed by atoms with van der Waals surface area (Å²) in [7, 11) is 1.74. The summed E-state index contributed by atoms with van der Waals surface area (Å²) < 4.78 is 10.6. The number of rotatable bonds is 5. The van der Waals surface area contributed by atoms with E-state index >= 15 is 0 Å². The van der Waals surface area contributed by atoms with Crippen molar-refractivity contribution in [3.8, 4) is 5.75 Å². The maximum atomic E-state index is 5.56. The van der Waals surface area contributed by atoms with Gasteiger partial charge in [-0.25, -0.2) is 4.58 Å². The first-order valence-corrected chi connectivity index (χ1v) is 10.6. The average molecular weight is 396 g/mol. The van der Waals surface area contributed by atoms with Crippen LogP contribution in [-0.4, -0.2) is 28.5 Å². The van der Waals surface area contributed by atoms with Gasteiger partial charge in [0.25, 0.3) is 0 Å². The summed E-state index contributed by atoms with van der Waals surface area (Å²) in [5.74, 6) is 0.908. The fourth-order valence-corrected chi connectivity index (χ4v) is 4.69. The highest BCUT2D eigenvalue weighted by Crippen LogP contribution is 2.33. The lowest BCUT2D eigenvalue weighted by Crippen LogP contribution is -2.29. The van der Waals surface area contributed by atoms with Gasteiger partial charge in [0.2, 0.25) is 0 Å². The molecule has 3 aromatic carbocycles. The van der Waals surface area contributed by atoms with Crippen molar-refractivity contribution in [2.75, 3.05) is 13.7 Å². The van der Waals surface area contributed by atoms with Gasteiger partial charge in [-0.1, -0.05) is 60.7 Å². The van der Waals surface area contributed by atoms with Crippen molar-refractivity contribution < 1.29 is 9.31 Å². The third-order valence-corrected chi connectivity index (χ3v) is 6.23. The molecule has 0 amide bonds. The summed E-state index contributed by atoms with van der Waals surface area (Å²) in [4.78, 5) is 0. The molecular weight excluding hydrogens is 368 g/mol. The summed E-state index contributed by atoms with van der Waals surface area (Å²) in [6.45, 7) is 5.13. The number of methoxy groups -OCH3 is 1. The van der Waals surface area contributed by atoms with Gasteiger partial charge in [0.05, 0.1) is 12.6 Å². The van der Waals surface area contributed by atoms with Gasteiger partial charge in [-0.05, 0) is 23.3 Å². The Labute approximate surface area is 177 Å². The molecule has 5 rings (SSSR count). The lowest BCUT2D eigenvalue weighted by atomic mass is 10.0. The van der Waals surface area contributed by atoms with E-state index in [0.29, 0.717) is 0 Å². The summed E-state index contributed by atoms with van der Waals surface area (Å²) in [6, 6.07) is 28.0. The monoisotopic (exact) mass is 395 g/mol. The molecule has 3 heteroatoms. The van der Waals surface area contributed by atoms with E-state index in [0.717, 1.165) is 31.8 Å². The summed E-state index contributed by atoms with van der Waals surface area (Å²) in [5.41, 5.74) is 8.10. The van der Waals surface area contributed by atoms with E-state index in [4.69, 9.17) is 4.74 Å². The maximum Gasteiger partial charge on any atom is 0.197 e. The van der Waals surface area contributed by atoms with Crippen LogP contribution >= 0.6 is 0 Å². The molecule has 0 fully saturated rings. The molecule has 30 heavy (non-hydrogen) atoms. The molecule has 1 aliphatic rings. The first kappa shape index (κ1) is 18.7. The zero-order chi connectivity index (χ0) is 20.5. The number of ether oxygens (including phenoxy) is 1. The topological polar surface area (TPSA) is 17.2 Å². The molecule has 0 saturated carbocycles. The van der Waals surface area contributed by atoms with Crippen LogP contribution in [0.3, 0.4) is 0 Å². The second-order valence-corrected chi connectivity index (χ2v) is 8.02. The van der Waals surface area contributed by atoms with E-state index in [1.807, 2.05) is 0 Å². The quantitative estimate of drug-likeness (QED) is 0.421. The highest BCUT2D eigenvalue weighted by atomic mass is 16.5. The van der Waals surface area contributed by atoms with Crippen molar-refractivity contribution in [3.63, 3.8) is 0 Å². The Morgan fingerprint density at radius 1 is 0.900 bits per heavy atom. The van der Waals surface area contributed by atoms with Crippen LogP contribution < -0.4 is 4.74 Å². The van der Waals surface area contributed by atoms with Crippen LogP contribution in [0.25, 0.3) is 10.9 Å². The maximum absolute atomic E-state index is 5.56.